The van der Waals surface area contributed by atoms with Crippen molar-refractivity contribution in [2.75, 3.05) is 19.0 Å². The molecule has 9 nitrogen and oxygen atoms in total. The lowest BCUT2D eigenvalue weighted by atomic mass is 9.78. The van der Waals surface area contributed by atoms with Gasteiger partial charge >= 0.3 is 6.03 Å². The van der Waals surface area contributed by atoms with Gasteiger partial charge in [0.15, 0.2) is 9.92 Å². The highest BCUT2D eigenvalue weighted by molar-refractivity contribution is 7.92. The lowest BCUT2D eigenvalue weighted by Gasteiger charge is -2.37. The van der Waals surface area contributed by atoms with Gasteiger partial charge in [0.25, 0.3) is 0 Å². The van der Waals surface area contributed by atoms with Gasteiger partial charge < -0.3 is 14.8 Å². The number of hydrogen-bond donors (Lipinski definition) is 2. The van der Waals surface area contributed by atoms with E-state index in [4.69, 9.17) is 9.47 Å². The monoisotopic (exact) mass is 687 g/mol. The van der Waals surface area contributed by atoms with Gasteiger partial charge in [0.05, 0.1) is 19.3 Å². The first-order valence-electron chi connectivity index (χ1n) is 17.3. The van der Waals surface area contributed by atoms with Gasteiger partial charge in [-0.2, -0.15) is 5.10 Å². The molecule has 2 heterocycles. The molecule has 8 rings (SSSR count). The molecule has 1 aromatic heterocycles. The fraction of sp³-hybridized carbons (Fsp3) is 0.300. The number of amides is 2. The van der Waals surface area contributed by atoms with Crippen LogP contribution in [0.25, 0.3) is 0 Å². The molecule has 2 amide bonds. The minimum Gasteiger partial charge on any atom is -0.472 e. The number of benzene rings is 4. The zero-order valence-corrected chi connectivity index (χ0v) is 29.1. The molecular formula is C40H41N5O4S. The van der Waals surface area contributed by atoms with Crippen molar-refractivity contribution in [3.05, 3.63) is 142 Å². The van der Waals surface area contributed by atoms with Gasteiger partial charge in [0, 0.05) is 18.7 Å². The molecule has 0 bridgehead atoms. The van der Waals surface area contributed by atoms with Crippen molar-refractivity contribution in [1.29, 1.82) is 0 Å². The van der Waals surface area contributed by atoms with E-state index in [0.717, 1.165) is 65.6 Å². The number of anilines is 1. The molecule has 10 heteroatoms. The molecule has 3 atom stereocenters. The van der Waals surface area contributed by atoms with Crippen molar-refractivity contribution < 1.29 is 18.5 Å². The number of rotatable bonds is 9. The average molecular weight is 688 g/mol. The van der Waals surface area contributed by atoms with Gasteiger partial charge in [-0.15, -0.1) is 4.36 Å². The average Bonchev–Trinajstić information content (AvgIpc) is 3.93. The molecule has 2 aliphatic carbocycles. The first-order chi connectivity index (χ1) is 24.4. The number of methoxy groups -OCH3 is 1. The third-order valence-electron chi connectivity index (χ3n) is 10.2. The first kappa shape index (κ1) is 32.4. The minimum absolute atomic E-state index is 0.161. The maximum absolute atomic E-state index is 16.0. The number of nitrogens with one attached hydrogen (secondary N) is 2. The van der Waals surface area contributed by atoms with Crippen molar-refractivity contribution in [2.45, 2.75) is 68.0 Å². The van der Waals surface area contributed by atoms with Crippen LogP contribution in [0.4, 0.5) is 10.5 Å². The third-order valence-corrected chi connectivity index (χ3v) is 12.1. The van der Waals surface area contributed by atoms with Crippen LogP contribution in [0.3, 0.4) is 0 Å². The Morgan fingerprint density at radius 2 is 1.60 bits per heavy atom. The van der Waals surface area contributed by atoms with Gasteiger partial charge in [-0.1, -0.05) is 97.1 Å². The van der Waals surface area contributed by atoms with Crippen molar-refractivity contribution in [1.82, 2.24) is 14.5 Å². The highest BCUT2D eigenvalue weighted by Crippen LogP contribution is 2.45. The molecule has 256 valence electrons. The summed E-state index contributed by atoms with van der Waals surface area (Å²) in [6.45, 7) is 3.00. The summed E-state index contributed by atoms with van der Waals surface area (Å²) < 4.78 is 37.7. The maximum atomic E-state index is 16.0. The zero-order chi connectivity index (χ0) is 34.3. The Morgan fingerprint density at radius 3 is 2.22 bits per heavy atom. The minimum atomic E-state index is -3.82. The number of carbonyl (C=O) groups is 1. The van der Waals surface area contributed by atoms with Crippen molar-refractivity contribution in [3.8, 4) is 5.88 Å². The first-order valence-corrected chi connectivity index (χ1v) is 18.8. The Labute approximate surface area is 293 Å². The summed E-state index contributed by atoms with van der Waals surface area (Å²) in [6, 6.07) is 31.2. The summed E-state index contributed by atoms with van der Waals surface area (Å²) >= 11 is 0. The Balaban J connectivity index is 1.33. The van der Waals surface area contributed by atoms with Crippen molar-refractivity contribution >= 4 is 21.6 Å². The third kappa shape index (κ3) is 5.61. The fourth-order valence-corrected chi connectivity index (χ4v) is 9.95. The molecule has 0 saturated heterocycles. The van der Waals surface area contributed by atoms with E-state index in [1.807, 2.05) is 97.9 Å². The van der Waals surface area contributed by atoms with Crippen LogP contribution in [0.1, 0.15) is 64.6 Å². The predicted octanol–water partition coefficient (Wildman–Crippen LogP) is 7.38. The second kappa shape index (κ2) is 13.2. The van der Waals surface area contributed by atoms with Crippen LogP contribution < -0.4 is 14.8 Å². The van der Waals surface area contributed by atoms with E-state index in [-0.39, 0.29) is 16.9 Å². The summed E-state index contributed by atoms with van der Waals surface area (Å²) in [7, 11) is -2.10. The number of urea groups is 1. The molecule has 3 aliphatic rings. The Bertz CT molecular complexity index is 2060. The van der Waals surface area contributed by atoms with Gasteiger partial charge in [-0.05, 0) is 78.0 Å². The van der Waals surface area contributed by atoms with Crippen LogP contribution in [0.2, 0.25) is 0 Å². The lowest BCUT2D eigenvalue weighted by Crippen LogP contribution is -2.48. The fourth-order valence-electron chi connectivity index (χ4n) is 8.07. The molecule has 2 N–H and O–H groups in total. The summed E-state index contributed by atoms with van der Waals surface area (Å²) in [4.78, 5) is 14.7. The molecular weight excluding hydrogens is 647 g/mol. The maximum Gasteiger partial charge on any atom is 0.354 e. The predicted molar refractivity (Wildman–Crippen MR) is 194 cm³/mol. The number of aryl methyl sites for hydroxylation is 2. The van der Waals surface area contributed by atoms with Crippen molar-refractivity contribution in [3.63, 3.8) is 0 Å². The number of fused-ring (bicyclic) bond motifs is 3. The Kier molecular flexibility index (Phi) is 8.54. The van der Waals surface area contributed by atoms with E-state index < -0.39 is 21.5 Å². The van der Waals surface area contributed by atoms with Crippen LogP contribution in [-0.2, 0) is 46.0 Å². The highest BCUT2D eigenvalue weighted by Gasteiger charge is 2.42. The summed E-state index contributed by atoms with van der Waals surface area (Å²) in [6.07, 6.45) is 6.10. The smallest absolute Gasteiger partial charge is 0.354 e. The molecule has 0 radical (unpaired) electrons. The topological polar surface area (TPSA) is 107 Å². The normalized spacial score (nSPS) is 18.8. The molecule has 4 aromatic carbocycles. The summed E-state index contributed by atoms with van der Waals surface area (Å²) in [5, 5.41) is 7.73. The van der Waals surface area contributed by atoms with E-state index in [2.05, 4.69) is 25.6 Å². The SMILES string of the molecule is COC[C@@H]1CCc2cc3c(c(NC(=O)N=[S@@](=O)(NC(c4ccccc4)(c4ccccc4)c4ccccc4)c4cnn5c4O[C@@H](C)C5)c21)CCC3. The number of aromatic nitrogens is 2. The second-order valence-electron chi connectivity index (χ2n) is 13.4. The van der Waals surface area contributed by atoms with E-state index in [1.54, 1.807) is 11.8 Å². The van der Waals surface area contributed by atoms with Gasteiger partial charge in [-0.25, -0.2) is 18.4 Å². The van der Waals surface area contributed by atoms with Crippen LogP contribution in [0.5, 0.6) is 5.88 Å². The van der Waals surface area contributed by atoms with E-state index >= 15 is 4.21 Å². The highest BCUT2D eigenvalue weighted by atomic mass is 32.2. The molecule has 0 fully saturated rings. The summed E-state index contributed by atoms with van der Waals surface area (Å²) in [5.74, 6) is 0.505. The standard InChI is InChI=1S/C40H41N5O4S/c1-27-25-45-38(49-27)35(24-41-45)50(47,43-39(46)42-37-34-20-12-13-28(34)23-29-21-22-30(26-48-2)36(29)37)44-40(31-14-6-3-7-15-31,32-16-8-4-9-17-32)33-18-10-5-11-19-33/h3-11,14-19,23-24,27,30H,12-13,20-22,25-26H2,1-2H3,(H2,42,43,44,46,47)/t27-,30-,50+/m0/s1. The van der Waals surface area contributed by atoms with E-state index in [9.17, 15) is 4.79 Å². The van der Waals surface area contributed by atoms with Crippen LogP contribution >= 0.6 is 0 Å². The Morgan fingerprint density at radius 1 is 0.960 bits per heavy atom. The number of nitrogens with zero attached hydrogens (tertiary/aromatic N) is 3. The largest absolute Gasteiger partial charge is 0.472 e. The van der Waals surface area contributed by atoms with Crippen LogP contribution in [-0.4, -0.2) is 39.8 Å². The van der Waals surface area contributed by atoms with E-state index in [1.165, 1.54) is 17.3 Å². The summed E-state index contributed by atoms with van der Waals surface area (Å²) in [5.41, 5.74) is 6.88. The quantitative estimate of drug-likeness (QED) is 0.157. The van der Waals surface area contributed by atoms with Gasteiger partial charge in [0.2, 0.25) is 5.88 Å². The van der Waals surface area contributed by atoms with Crippen LogP contribution in [0, 0.1) is 0 Å². The number of carbonyl (C=O) groups excluding carboxylic acids is 1. The second-order valence-corrected chi connectivity index (χ2v) is 15.3. The number of hydrogen-bond acceptors (Lipinski definition) is 5. The van der Waals surface area contributed by atoms with Gasteiger partial charge in [0.1, 0.15) is 16.5 Å². The number of ether oxygens (including phenoxy) is 2. The molecule has 50 heavy (non-hydrogen) atoms. The molecule has 0 saturated carbocycles. The zero-order valence-electron chi connectivity index (χ0n) is 28.3. The molecule has 1 aliphatic heterocycles. The van der Waals surface area contributed by atoms with E-state index in [0.29, 0.717) is 19.0 Å². The van der Waals surface area contributed by atoms with Crippen molar-refractivity contribution in [2.24, 2.45) is 4.36 Å². The molecule has 5 aromatic rings. The van der Waals surface area contributed by atoms with Gasteiger partial charge in [-0.3, -0.25) is 0 Å². The van der Waals surface area contributed by atoms with Crippen LogP contribution in [0.15, 0.2) is 113 Å². The lowest BCUT2D eigenvalue weighted by molar-refractivity contribution is 0.179. The Hall–Kier alpha value is -4.77. The molecule has 0 unspecified atom stereocenters. The molecule has 0 spiro atoms.